The highest BCUT2D eigenvalue weighted by Gasteiger charge is 2.24. The number of benzene rings is 4. The number of hydrogen-bond acceptors (Lipinski definition) is 2. The molecule has 4 rings (SSSR count). The zero-order valence-corrected chi connectivity index (χ0v) is 20.5. The van der Waals surface area contributed by atoms with Crippen molar-refractivity contribution >= 4 is 20.3 Å². The van der Waals surface area contributed by atoms with Crippen LogP contribution in [0.15, 0.2) is 126 Å². The standard InChI is InChI=1S/C31H28O2S/c1-31(2,3)27-19-21-28(22-20-27)34(32,33)30(26-17-11-6-12-18-26)23-29(24-13-7-4-8-14-24)25-15-9-5-10-16-25/h4-22H,1-3H3. The molecular weight excluding hydrogens is 436 g/mol. The van der Waals surface area contributed by atoms with E-state index < -0.39 is 9.84 Å². The Morgan fingerprint density at radius 1 is 0.588 bits per heavy atom. The highest BCUT2D eigenvalue weighted by Crippen LogP contribution is 2.32. The molecule has 0 bridgehead atoms. The van der Waals surface area contributed by atoms with Gasteiger partial charge in [-0.25, -0.2) is 8.42 Å². The molecule has 0 spiro atoms. The molecule has 0 radical (unpaired) electrons. The van der Waals surface area contributed by atoms with Gasteiger partial charge in [0.15, 0.2) is 0 Å². The molecule has 0 amide bonds. The summed E-state index contributed by atoms with van der Waals surface area (Å²) in [5, 5.41) is 0. The van der Waals surface area contributed by atoms with E-state index in [4.69, 9.17) is 0 Å². The largest absolute Gasteiger partial charge is 0.218 e. The lowest BCUT2D eigenvalue weighted by molar-refractivity contribution is 0.588. The number of sulfone groups is 1. The maximum atomic E-state index is 14.0. The zero-order valence-electron chi connectivity index (χ0n) is 19.7. The van der Waals surface area contributed by atoms with E-state index >= 15 is 0 Å². The normalized spacial score (nSPS) is 11.5. The second kappa shape index (κ2) is 9.69. The van der Waals surface area contributed by atoms with Crippen molar-refractivity contribution in [3.8, 4) is 0 Å². The monoisotopic (exact) mass is 464 g/mol. The summed E-state index contributed by atoms with van der Waals surface area (Å²) in [4.78, 5) is 0.409. The molecular formula is C31H28O2S. The molecule has 0 atom stereocenters. The molecule has 0 aliphatic carbocycles. The van der Waals surface area contributed by atoms with E-state index in [1.54, 1.807) is 12.1 Å². The second-order valence-corrected chi connectivity index (χ2v) is 11.1. The third-order valence-electron chi connectivity index (χ3n) is 5.70. The molecule has 0 saturated carbocycles. The highest BCUT2D eigenvalue weighted by atomic mass is 32.2. The molecule has 0 aromatic heterocycles. The molecule has 0 N–H and O–H groups in total. The van der Waals surface area contributed by atoms with Crippen molar-refractivity contribution in [1.29, 1.82) is 0 Å². The first-order chi connectivity index (χ1) is 16.3. The Hall–Kier alpha value is -3.65. The summed E-state index contributed by atoms with van der Waals surface area (Å²) in [7, 11) is -3.84. The molecule has 0 aliphatic heterocycles. The Morgan fingerprint density at radius 3 is 1.41 bits per heavy atom. The predicted molar refractivity (Wildman–Crippen MR) is 141 cm³/mol. The minimum atomic E-state index is -3.84. The van der Waals surface area contributed by atoms with Gasteiger partial charge in [-0.2, -0.15) is 0 Å². The van der Waals surface area contributed by atoms with Crippen LogP contribution in [0, 0.1) is 0 Å². The van der Waals surface area contributed by atoms with Crippen LogP contribution in [0.25, 0.3) is 10.5 Å². The fourth-order valence-electron chi connectivity index (χ4n) is 3.77. The van der Waals surface area contributed by atoms with E-state index in [9.17, 15) is 8.42 Å². The summed E-state index contributed by atoms with van der Waals surface area (Å²) in [6.07, 6.45) is 0. The molecule has 4 aromatic rings. The van der Waals surface area contributed by atoms with Gasteiger partial charge in [0.1, 0.15) is 4.91 Å². The van der Waals surface area contributed by atoms with E-state index in [1.807, 2.05) is 103 Å². The van der Waals surface area contributed by atoms with E-state index in [0.29, 0.717) is 5.56 Å². The Balaban J connectivity index is 2.02. The quantitative estimate of drug-likeness (QED) is 0.286. The summed E-state index contributed by atoms with van der Waals surface area (Å²) in [6.45, 7) is 6.33. The van der Waals surface area contributed by atoms with Crippen LogP contribution >= 0.6 is 0 Å². The lowest BCUT2D eigenvalue weighted by Gasteiger charge is -2.19. The SMILES string of the molecule is CC(C)(C)c1ccc(S(=O)(=O)C(=C=C(c2ccccc2)c2ccccc2)c2ccccc2)cc1. The summed E-state index contributed by atoms with van der Waals surface area (Å²) in [5.41, 5.74) is 7.50. The van der Waals surface area contributed by atoms with Gasteiger partial charge in [0.05, 0.1) is 4.90 Å². The molecule has 4 aromatic carbocycles. The first-order valence-corrected chi connectivity index (χ1v) is 12.8. The summed E-state index contributed by atoms with van der Waals surface area (Å²) in [5.74, 6) is 0. The lowest BCUT2D eigenvalue weighted by atomic mass is 9.87. The van der Waals surface area contributed by atoms with Crippen LogP contribution in [0.2, 0.25) is 0 Å². The molecule has 34 heavy (non-hydrogen) atoms. The predicted octanol–water partition coefficient (Wildman–Crippen LogP) is 7.53. The maximum absolute atomic E-state index is 14.0. The van der Waals surface area contributed by atoms with Crippen LogP contribution in [0.5, 0.6) is 0 Å². The van der Waals surface area contributed by atoms with Crippen molar-refractivity contribution in [3.63, 3.8) is 0 Å². The Labute approximate surface area is 202 Å². The molecule has 0 unspecified atom stereocenters. The van der Waals surface area contributed by atoms with Gasteiger partial charge in [0, 0.05) is 11.1 Å². The molecule has 0 fully saturated rings. The highest BCUT2D eigenvalue weighted by molar-refractivity contribution is 8.00. The molecule has 2 nitrogen and oxygen atoms in total. The molecule has 0 aliphatic rings. The van der Waals surface area contributed by atoms with Crippen LogP contribution in [0.3, 0.4) is 0 Å². The minimum Gasteiger partial charge on any atom is -0.218 e. The fourth-order valence-corrected chi connectivity index (χ4v) is 5.18. The average molecular weight is 465 g/mol. The molecule has 170 valence electrons. The van der Waals surface area contributed by atoms with Crippen LogP contribution in [-0.2, 0) is 15.3 Å². The number of rotatable bonds is 5. The van der Waals surface area contributed by atoms with Gasteiger partial charge in [-0.05, 0) is 34.2 Å². The van der Waals surface area contributed by atoms with Crippen LogP contribution in [0.1, 0.15) is 43.0 Å². The van der Waals surface area contributed by atoms with Gasteiger partial charge in [-0.1, -0.05) is 130 Å². The zero-order chi connectivity index (χ0) is 24.2. The fraction of sp³-hybridized carbons (Fsp3) is 0.129. The summed E-state index contributed by atoms with van der Waals surface area (Å²) < 4.78 is 28.0. The smallest absolute Gasteiger partial charge is 0.214 e. The number of hydrogen-bond donors (Lipinski definition) is 0. The van der Waals surface area contributed by atoms with E-state index in [-0.39, 0.29) is 15.2 Å². The van der Waals surface area contributed by atoms with Crippen molar-refractivity contribution in [2.45, 2.75) is 31.1 Å². The van der Waals surface area contributed by atoms with Crippen molar-refractivity contribution in [3.05, 3.63) is 143 Å². The van der Waals surface area contributed by atoms with Gasteiger partial charge < -0.3 is 0 Å². The first kappa shape index (κ1) is 23.5. The van der Waals surface area contributed by atoms with Crippen molar-refractivity contribution < 1.29 is 8.42 Å². The third kappa shape index (κ3) is 5.12. The maximum Gasteiger partial charge on any atom is 0.214 e. The van der Waals surface area contributed by atoms with Crippen LogP contribution < -0.4 is 0 Å². The van der Waals surface area contributed by atoms with Gasteiger partial charge in [-0.3, -0.25) is 0 Å². The molecule has 0 saturated heterocycles. The Morgan fingerprint density at radius 2 is 1.00 bits per heavy atom. The van der Waals surface area contributed by atoms with Crippen molar-refractivity contribution in [2.75, 3.05) is 0 Å². The minimum absolute atomic E-state index is 0.0614. The Kier molecular flexibility index (Phi) is 6.70. The first-order valence-electron chi connectivity index (χ1n) is 11.3. The lowest BCUT2D eigenvalue weighted by Crippen LogP contribution is -2.11. The summed E-state index contributed by atoms with van der Waals surface area (Å²) >= 11 is 0. The van der Waals surface area contributed by atoms with Gasteiger partial charge in [0.2, 0.25) is 9.84 Å². The molecule has 0 heterocycles. The van der Waals surface area contributed by atoms with Crippen molar-refractivity contribution in [1.82, 2.24) is 0 Å². The van der Waals surface area contributed by atoms with Crippen LogP contribution in [0.4, 0.5) is 0 Å². The third-order valence-corrected chi connectivity index (χ3v) is 7.47. The van der Waals surface area contributed by atoms with Crippen molar-refractivity contribution in [2.24, 2.45) is 0 Å². The second-order valence-electron chi connectivity index (χ2n) is 9.21. The summed E-state index contributed by atoms with van der Waals surface area (Å²) in [6, 6.07) is 36.0. The van der Waals surface area contributed by atoms with Gasteiger partial charge in [0.25, 0.3) is 0 Å². The average Bonchev–Trinajstić information content (AvgIpc) is 2.85. The van der Waals surface area contributed by atoms with Crippen LogP contribution in [-0.4, -0.2) is 8.42 Å². The van der Waals surface area contributed by atoms with E-state index in [1.165, 1.54) is 0 Å². The topological polar surface area (TPSA) is 34.1 Å². The Bertz CT molecular complexity index is 1380. The van der Waals surface area contributed by atoms with E-state index in [2.05, 4.69) is 26.5 Å². The van der Waals surface area contributed by atoms with Gasteiger partial charge >= 0.3 is 0 Å². The molecule has 3 heteroatoms. The van der Waals surface area contributed by atoms with E-state index in [0.717, 1.165) is 22.3 Å². The van der Waals surface area contributed by atoms with Gasteiger partial charge in [-0.15, -0.1) is 0 Å².